The number of rotatable bonds is 9. The fourth-order valence-electron chi connectivity index (χ4n) is 8.88. The molecule has 11 aromatic carbocycles. The van der Waals surface area contributed by atoms with Crippen LogP contribution in [0.25, 0.3) is 88.3 Å². The standard InChI is InChI=1S/C62H43N/c1-4-15-45(16-5-1)58-41-34-52(43-61(58)48-19-8-3-9-20-48)44-27-35-53(36-28-44)63(54-37-29-50(30-38-54)57-26-14-23-46-21-10-12-24-56(46)57)55-39-31-51(32-40-55)62-59-25-13-11-22-49(59)33-42-60(62)47-17-6-2-7-18-47/h1-43H/i27D,28D,35D,36D. The van der Waals surface area contributed by atoms with Gasteiger partial charge in [-0.25, -0.2) is 0 Å². The Labute approximate surface area is 375 Å². The van der Waals surface area contributed by atoms with Crippen molar-refractivity contribution in [2.24, 2.45) is 0 Å². The summed E-state index contributed by atoms with van der Waals surface area (Å²) in [4.78, 5) is 1.87. The number of nitrogens with zero attached hydrogens (tertiary/aromatic N) is 1. The molecule has 1 nitrogen and oxygen atoms in total. The molecule has 0 aromatic heterocycles. The summed E-state index contributed by atoms with van der Waals surface area (Å²) in [5.74, 6) is 0. The average Bonchev–Trinajstić information content (AvgIpc) is 3.40. The lowest BCUT2D eigenvalue weighted by atomic mass is 9.89. The van der Waals surface area contributed by atoms with Crippen LogP contribution in [0.15, 0.2) is 261 Å². The van der Waals surface area contributed by atoms with Gasteiger partial charge in [-0.15, -0.1) is 0 Å². The van der Waals surface area contributed by atoms with Gasteiger partial charge in [0.05, 0.1) is 5.48 Å². The van der Waals surface area contributed by atoms with E-state index in [4.69, 9.17) is 0 Å². The van der Waals surface area contributed by atoms with Crippen LogP contribution >= 0.6 is 0 Å². The van der Waals surface area contributed by atoms with Crippen molar-refractivity contribution in [3.63, 3.8) is 0 Å². The molecule has 0 N–H and O–H groups in total. The molecule has 0 spiro atoms. The Hall–Kier alpha value is -8.26. The number of fused-ring (bicyclic) bond motifs is 2. The highest BCUT2D eigenvalue weighted by atomic mass is 15.1. The van der Waals surface area contributed by atoms with Crippen LogP contribution in [0.2, 0.25) is 0 Å². The van der Waals surface area contributed by atoms with Gasteiger partial charge in [0.25, 0.3) is 0 Å². The quantitative estimate of drug-likeness (QED) is 0.140. The number of hydrogen-bond donors (Lipinski definition) is 0. The molecule has 0 radical (unpaired) electrons. The third-order valence-corrected chi connectivity index (χ3v) is 12.0. The second kappa shape index (κ2) is 16.7. The van der Waals surface area contributed by atoms with Gasteiger partial charge in [-0.05, 0) is 131 Å². The summed E-state index contributed by atoms with van der Waals surface area (Å²) < 4.78 is 38.9. The third kappa shape index (κ3) is 7.37. The zero-order valence-corrected chi connectivity index (χ0v) is 34.5. The molecule has 1 heteroatoms. The van der Waals surface area contributed by atoms with Gasteiger partial charge in [-0.1, -0.05) is 218 Å². The van der Waals surface area contributed by atoms with E-state index in [1.54, 1.807) is 0 Å². The fraction of sp³-hybridized carbons (Fsp3) is 0. The van der Waals surface area contributed by atoms with Crippen molar-refractivity contribution in [3.05, 3.63) is 261 Å². The highest BCUT2D eigenvalue weighted by Gasteiger charge is 2.17. The van der Waals surface area contributed by atoms with E-state index in [-0.39, 0.29) is 35.4 Å². The van der Waals surface area contributed by atoms with E-state index in [9.17, 15) is 5.48 Å². The molecule has 296 valence electrons. The van der Waals surface area contributed by atoms with Gasteiger partial charge >= 0.3 is 0 Å². The number of benzene rings is 11. The van der Waals surface area contributed by atoms with E-state index >= 15 is 0 Å². The molecule has 63 heavy (non-hydrogen) atoms. The van der Waals surface area contributed by atoms with Gasteiger partial charge in [0.1, 0.15) is 0 Å². The lowest BCUT2D eigenvalue weighted by molar-refractivity contribution is 1.28. The van der Waals surface area contributed by atoms with Crippen molar-refractivity contribution in [3.8, 4) is 66.8 Å². The maximum absolute atomic E-state index is 9.77. The Morgan fingerprint density at radius 3 is 1.35 bits per heavy atom. The Balaban J connectivity index is 1.08. The van der Waals surface area contributed by atoms with Gasteiger partial charge in [0.2, 0.25) is 0 Å². The van der Waals surface area contributed by atoms with Gasteiger partial charge in [0, 0.05) is 17.1 Å². The van der Waals surface area contributed by atoms with E-state index < -0.39 is 0 Å². The van der Waals surface area contributed by atoms with Crippen LogP contribution in [0.5, 0.6) is 0 Å². The van der Waals surface area contributed by atoms with Gasteiger partial charge in [-0.2, -0.15) is 0 Å². The van der Waals surface area contributed by atoms with Crippen molar-refractivity contribution >= 4 is 38.6 Å². The Morgan fingerprint density at radius 2 is 0.714 bits per heavy atom. The van der Waals surface area contributed by atoms with Crippen molar-refractivity contribution in [2.45, 2.75) is 0 Å². The summed E-state index contributed by atoms with van der Waals surface area (Å²) in [5.41, 5.74) is 13.0. The number of anilines is 3. The highest BCUT2D eigenvalue weighted by molar-refractivity contribution is 6.04. The molecular formula is C62H43N. The molecule has 0 saturated carbocycles. The first-order valence-corrected chi connectivity index (χ1v) is 21.3. The first-order valence-electron chi connectivity index (χ1n) is 23.3. The van der Waals surface area contributed by atoms with Crippen molar-refractivity contribution in [1.29, 1.82) is 0 Å². The SMILES string of the molecule is [2H]c1c([2H])c(N(c2ccc(-c3cccc4ccccc34)cc2)c2ccc(-c3c(-c4ccccc4)ccc4ccccc34)cc2)c([2H])c([2H])c1-c1ccc(-c2ccccc2)c(-c2ccccc2)c1. The topological polar surface area (TPSA) is 3.24 Å². The zero-order chi connectivity index (χ0) is 45.4. The first-order chi connectivity index (χ1) is 32.9. The van der Waals surface area contributed by atoms with E-state index in [0.29, 0.717) is 16.9 Å². The number of hydrogen-bond acceptors (Lipinski definition) is 1. The lowest BCUT2D eigenvalue weighted by Gasteiger charge is -2.26. The molecule has 0 saturated heterocycles. The van der Waals surface area contributed by atoms with Crippen molar-refractivity contribution in [1.82, 2.24) is 0 Å². The monoisotopic (exact) mass is 805 g/mol. The largest absolute Gasteiger partial charge is 0.311 e. The van der Waals surface area contributed by atoms with Gasteiger partial charge in [0.15, 0.2) is 0 Å². The highest BCUT2D eigenvalue weighted by Crippen LogP contribution is 2.43. The summed E-state index contributed by atoms with van der Waals surface area (Å²) >= 11 is 0. The van der Waals surface area contributed by atoms with Crippen molar-refractivity contribution in [2.75, 3.05) is 4.90 Å². The van der Waals surface area contributed by atoms with Crippen LogP contribution in [0, 0.1) is 0 Å². The average molecular weight is 806 g/mol. The summed E-state index contributed by atoms with van der Waals surface area (Å²) in [6.07, 6.45) is 0. The van der Waals surface area contributed by atoms with Crippen LogP contribution in [-0.4, -0.2) is 0 Å². The van der Waals surface area contributed by atoms with Gasteiger partial charge < -0.3 is 4.90 Å². The lowest BCUT2D eigenvalue weighted by Crippen LogP contribution is -2.09. The summed E-state index contributed by atoms with van der Waals surface area (Å²) in [5, 5.41) is 4.58. The van der Waals surface area contributed by atoms with Gasteiger partial charge in [-0.3, -0.25) is 0 Å². The van der Waals surface area contributed by atoms with E-state index in [1.165, 1.54) is 0 Å². The summed E-state index contributed by atoms with van der Waals surface area (Å²) in [7, 11) is 0. The minimum Gasteiger partial charge on any atom is -0.311 e. The molecular weight excluding hydrogens is 759 g/mol. The molecule has 11 rings (SSSR count). The molecule has 0 aliphatic rings. The van der Waals surface area contributed by atoms with Crippen molar-refractivity contribution < 1.29 is 5.48 Å². The molecule has 0 atom stereocenters. The predicted molar refractivity (Wildman–Crippen MR) is 269 cm³/mol. The Morgan fingerprint density at radius 1 is 0.254 bits per heavy atom. The van der Waals surface area contributed by atoms with Crippen LogP contribution < -0.4 is 4.90 Å². The maximum atomic E-state index is 9.77. The summed E-state index contributed by atoms with van der Waals surface area (Å²) in [6.45, 7) is 0. The smallest absolute Gasteiger partial charge is 0.0645 e. The van der Waals surface area contributed by atoms with Crippen LogP contribution in [0.4, 0.5) is 17.1 Å². The first kappa shape index (κ1) is 33.5. The molecule has 0 aliphatic heterocycles. The van der Waals surface area contributed by atoms with Crippen LogP contribution in [-0.2, 0) is 0 Å². The van der Waals surface area contributed by atoms with E-state index in [2.05, 4.69) is 146 Å². The fourth-order valence-corrected chi connectivity index (χ4v) is 8.88. The van der Waals surface area contributed by atoms with Crippen LogP contribution in [0.3, 0.4) is 0 Å². The minimum absolute atomic E-state index is 0.111. The van der Waals surface area contributed by atoms with E-state index in [1.807, 2.05) is 95.9 Å². The zero-order valence-electron chi connectivity index (χ0n) is 38.5. The molecule has 0 heterocycles. The molecule has 0 fully saturated rings. The Kier molecular flexibility index (Phi) is 8.84. The minimum atomic E-state index is -0.132. The Bertz CT molecular complexity index is 3560. The van der Waals surface area contributed by atoms with E-state index in [0.717, 1.165) is 77.2 Å². The molecule has 0 bridgehead atoms. The summed E-state index contributed by atoms with van der Waals surface area (Å²) in [6, 6.07) is 80.1. The molecule has 0 unspecified atom stereocenters. The van der Waals surface area contributed by atoms with Crippen LogP contribution in [0.1, 0.15) is 5.48 Å². The second-order valence-electron chi connectivity index (χ2n) is 15.7. The normalized spacial score (nSPS) is 12.1. The molecule has 11 aromatic rings. The predicted octanol–water partition coefficient (Wildman–Crippen LogP) is 17.5. The third-order valence-electron chi connectivity index (χ3n) is 12.0. The maximum Gasteiger partial charge on any atom is 0.0645 e. The molecule has 0 amide bonds. The molecule has 0 aliphatic carbocycles. The second-order valence-corrected chi connectivity index (χ2v) is 15.7.